The van der Waals surface area contributed by atoms with Crippen LogP contribution in [0.25, 0.3) is 0 Å². The maximum absolute atomic E-state index is 6.12. The summed E-state index contributed by atoms with van der Waals surface area (Å²) in [6, 6.07) is 0. The minimum Gasteiger partial charge on any atom is -0.107 e. The van der Waals surface area contributed by atoms with E-state index < -0.39 is 4.87 Å². The van der Waals surface area contributed by atoms with Gasteiger partial charge in [0.1, 0.15) is 4.87 Å². The zero-order valence-electron chi connectivity index (χ0n) is 10.3. The Morgan fingerprint density at radius 3 is 1.70 bits per heavy atom. The summed E-state index contributed by atoms with van der Waals surface area (Å²) in [6.45, 7) is 0. The second-order valence-corrected chi connectivity index (χ2v) is 6.96. The molecule has 0 heterocycles. The van der Waals surface area contributed by atoms with Crippen molar-refractivity contribution in [2.24, 2.45) is 17.8 Å². The van der Waals surface area contributed by atoms with Crippen LogP contribution in [0.4, 0.5) is 0 Å². The van der Waals surface area contributed by atoms with Crippen LogP contribution >= 0.6 is 46.4 Å². The van der Waals surface area contributed by atoms with Crippen LogP contribution in [-0.2, 0) is 39.0 Å². The molecule has 2 unspecified atom stereocenters. The first-order valence-corrected chi connectivity index (χ1v) is 7.51. The molecule has 0 aromatic heterocycles. The Morgan fingerprint density at radius 2 is 1.45 bits per heavy atom. The monoisotopic (exact) mass is 524 g/mol. The molecule has 0 fully saturated rings. The van der Waals surface area contributed by atoms with Crippen molar-refractivity contribution in [1.82, 2.24) is 0 Å². The van der Waals surface area contributed by atoms with E-state index in [1.807, 2.05) is 6.08 Å². The SMILES string of the molecule is C1=CC2C=CC1C2.ClC1=CC2CC1(Cl)C(Cl)=C2Cl.[Ru].[Ru]. The van der Waals surface area contributed by atoms with Gasteiger partial charge in [-0.3, -0.25) is 0 Å². The molecule has 112 valence electrons. The zero-order chi connectivity index (χ0) is 12.9. The van der Waals surface area contributed by atoms with Crippen LogP contribution in [0.3, 0.4) is 0 Å². The van der Waals surface area contributed by atoms with Gasteiger partial charge in [-0.15, -0.1) is 11.6 Å². The van der Waals surface area contributed by atoms with Crippen molar-refractivity contribution < 1.29 is 39.0 Å². The molecule has 4 rings (SSSR count). The first kappa shape index (κ1) is 19.4. The van der Waals surface area contributed by atoms with Gasteiger partial charge in [0.15, 0.2) is 0 Å². The average Bonchev–Trinajstić information content (AvgIpc) is 3.08. The molecular weight excluding hydrogens is 512 g/mol. The van der Waals surface area contributed by atoms with E-state index in [1.165, 1.54) is 6.42 Å². The number of allylic oxidation sites excluding steroid dienone is 8. The molecule has 0 aliphatic heterocycles. The Hall–Kier alpha value is 1.37. The van der Waals surface area contributed by atoms with Gasteiger partial charge in [0.25, 0.3) is 0 Å². The zero-order valence-corrected chi connectivity index (χ0v) is 16.8. The van der Waals surface area contributed by atoms with E-state index in [1.54, 1.807) is 0 Å². The predicted molar refractivity (Wildman–Crippen MR) is 79.2 cm³/mol. The molecule has 20 heavy (non-hydrogen) atoms. The summed E-state index contributed by atoms with van der Waals surface area (Å²) in [7, 11) is 0. The van der Waals surface area contributed by atoms with Gasteiger partial charge in [0.05, 0.1) is 5.03 Å². The molecule has 0 nitrogen and oxygen atoms in total. The van der Waals surface area contributed by atoms with Crippen LogP contribution in [0.15, 0.2) is 45.5 Å². The van der Waals surface area contributed by atoms with E-state index in [0.29, 0.717) is 21.5 Å². The second kappa shape index (κ2) is 7.29. The number of rotatable bonds is 0. The number of halogens is 4. The Balaban J connectivity index is 0.000000195. The molecule has 4 aliphatic carbocycles. The minimum atomic E-state index is -0.690. The van der Waals surface area contributed by atoms with Crippen molar-refractivity contribution in [3.8, 4) is 0 Å². The van der Waals surface area contributed by atoms with Gasteiger partial charge >= 0.3 is 0 Å². The fourth-order valence-corrected chi connectivity index (χ4v) is 4.18. The van der Waals surface area contributed by atoms with E-state index in [4.69, 9.17) is 46.4 Å². The summed E-state index contributed by atoms with van der Waals surface area (Å²) in [5, 5.41) is 1.75. The van der Waals surface area contributed by atoms with E-state index in [9.17, 15) is 0 Å². The summed E-state index contributed by atoms with van der Waals surface area (Å²) >= 11 is 23.7. The summed E-state index contributed by atoms with van der Waals surface area (Å²) in [5.41, 5.74) is 0. The van der Waals surface area contributed by atoms with Crippen LogP contribution < -0.4 is 0 Å². The van der Waals surface area contributed by atoms with Crippen molar-refractivity contribution >= 4 is 46.4 Å². The molecule has 4 bridgehead atoms. The van der Waals surface area contributed by atoms with Gasteiger partial charge in [-0.2, -0.15) is 0 Å². The van der Waals surface area contributed by atoms with E-state index in [-0.39, 0.29) is 44.9 Å². The molecule has 0 radical (unpaired) electrons. The number of fused-ring (bicyclic) bond motifs is 4. The predicted octanol–water partition coefficient (Wildman–Crippen LogP) is 5.55. The maximum Gasteiger partial charge on any atom is 0.117 e. The molecule has 0 N–H and O–H groups in total. The Bertz CT molecular complexity index is 481. The standard InChI is InChI=1S/C7H4Cl4.C7H8.2Ru/c8-4-1-3-2-7(4,11)6(10)5(3)9;1-2-7-4-3-6(1)5-7;;/h1,3H,2H2;1-4,6-7H,5H2;;. The van der Waals surface area contributed by atoms with Crippen LogP contribution in [-0.4, -0.2) is 4.87 Å². The van der Waals surface area contributed by atoms with Crippen molar-refractivity contribution in [2.45, 2.75) is 17.7 Å². The van der Waals surface area contributed by atoms with Gasteiger partial charge in [-0.1, -0.05) is 65.2 Å². The largest absolute Gasteiger partial charge is 0.117 e. The summed E-state index contributed by atoms with van der Waals surface area (Å²) in [5.74, 6) is 1.77. The smallest absolute Gasteiger partial charge is 0.107 e. The Kier molecular flexibility index (Phi) is 7.08. The fourth-order valence-electron chi connectivity index (χ4n) is 2.81. The molecule has 0 aromatic rings. The van der Waals surface area contributed by atoms with Gasteiger partial charge in [-0.05, 0) is 24.7 Å². The average molecular weight is 524 g/mol. The van der Waals surface area contributed by atoms with Crippen molar-refractivity contribution in [1.29, 1.82) is 0 Å². The van der Waals surface area contributed by atoms with Crippen molar-refractivity contribution in [3.05, 3.63) is 45.5 Å². The van der Waals surface area contributed by atoms with Crippen LogP contribution in [0.5, 0.6) is 0 Å². The van der Waals surface area contributed by atoms with Gasteiger partial charge in [-0.25, -0.2) is 0 Å². The number of hydrogen-bond acceptors (Lipinski definition) is 0. The topological polar surface area (TPSA) is 0 Å². The van der Waals surface area contributed by atoms with Crippen LogP contribution in [0.2, 0.25) is 0 Å². The summed E-state index contributed by atoms with van der Waals surface area (Å²) in [4.78, 5) is -0.690. The third kappa shape index (κ3) is 3.32. The second-order valence-electron chi connectivity index (χ2n) is 5.12. The van der Waals surface area contributed by atoms with Gasteiger partial charge in [0, 0.05) is 54.9 Å². The van der Waals surface area contributed by atoms with Gasteiger partial charge < -0.3 is 0 Å². The number of hydrogen-bond donors (Lipinski definition) is 0. The fraction of sp³-hybridized carbons (Fsp3) is 0.429. The molecule has 0 aromatic carbocycles. The Labute approximate surface area is 165 Å². The van der Waals surface area contributed by atoms with Gasteiger partial charge in [0.2, 0.25) is 0 Å². The molecule has 0 saturated heterocycles. The van der Waals surface area contributed by atoms with Crippen LogP contribution in [0.1, 0.15) is 12.8 Å². The van der Waals surface area contributed by atoms with Crippen LogP contribution in [0, 0.1) is 17.8 Å². The Morgan fingerprint density at radius 1 is 0.950 bits per heavy atom. The van der Waals surface area contributed by atoms with Crippen molar-refractivity contribution in [2.75, 3.05) is 0 Å². The quantitative estimate of drug-likeness (QED) is 0.222. The summed E-state index contributed by atoms with van der Waals surface area (Å²) < 4.78 is 0. The molecule has 6 heteroatoms. The molecule has 0 amide bonds. The third-order valence-electron chi connectivity index (χ3n) is 3.87. The molecule has 0 saturated carbocycles. The molecular formula is C14H12Cl4Ru2. The third-order valence-corrected chi connectivity index (χ3v) is 6.15. The van der Waals surface area contributed by atoms with E-state index in [2.05, 4.69) is 24.3 Å². The van der Waals surface area contributed by atoms with E-state index >= 15 is 0 Å². The number of alkyl halides is 1. The normalized spacial score (nSPS) is 38.2. The molecule has 4 aliphatic rings. The molecule has 2 atom stereocenters. The van der Waals surface area contributed by atoms with E-state index in [0.717, 1.165) is 11.8 Å². The first-order valence-electron chi connectivity index (χ1n) is 5.99. The maximum atomic E-state index is 6.12. The first-order chi connectivity index (χ1) is 8.50. The summed E-state index contributed by atoms with van der Waals surface area (Å²) in [6.07, 6.45) is 13.1. The molecule has 0 spiro atoms. The minimum absolute atomic E-state index is 0. The van der Waals surface area contributed by atoms with Crippen molar-refractivity contribution in [3.63, 3.8) is 0 Å².